The molecular formula is C9H12OSi. The van der Waals surface area contributed by atoms with Crippen LogP contribution in [0.3, 0.4) is 0 Å². The molecule has 0 fully saturated rings. The van der Waals surface area contributed by atoms with Gasteiger partial charge in [-0.2, -0.15) is 0 Å². The molecule has 1 aromatic rings. The van der Waals surface area contributed by atoms with E-state index in [1.807, 2.05) is 12.1 Å². The monoisotopic (exact) mass is 164 g/mol. The molecule has 58 valence electrons. The maximum absolute atomic E-state index is 5.10. The Morgan fingerprint density at radius 3 is 2.91 bits per heavy atom. The maximum atomic E-state index is 5.10. The lowest BCUT2D eigenvalue weighted by Crippen LogP contribution is -1.91. The van der Waals surface area contributed by atoms with Crippen molar-refractivity contribution in [3.05, 3.63) is 29.8 Å². The summed E-state index contributed by atoms with van der Waals surface area (Å²) >= 11 is 0. The van der Waals surface area contributed by atoms with Gasteiger partial charge in [-0.15, -0.1) is 0 Å². The zero-order valence-corrected chi connectivity index (χ0v) is 7.92. The first kappa shape index (κ1) is 8.33. The zero-order chi connectivity index (χ0) is 8.10. The maximum Gasteiger partial charge on any atom is 0.119 e. The molecule has 0 bridgehead atoms. The molecule has 0 atom stereocenters. The fraction of sp³-hybridized carbons (Fsp3) is 0.333. The highest BCUT2D eigenvalue weighted by atomic mass is 28.2. The lowest BCUT2D eigenvalue weighted by molar-refractivity contribution is 0.414. The summed E-state index contributed by atoms with van der Waals surface area (Å²) in [6.07, 6.45) is 0. The van der Waals surface area contributed by atoms with E-state index < -0.39 is 0 Å². The van der Waals surface area contributed by atoms with E-state index in [2.05, 4.69) is 18.7 Å². The molecule has 0 saturated carbocycles. The third-order valence-electron chi connectivity index (χ3n) is 1.52. The molecule has 0 N–H and O–H groups in total. The van der Waals surface area contributed by atoms with Gasteiger partial charge in [-0.1, -0.05) is 18.7 Å². The first-order chi connectivity index (χ1) is 5.36. The van der Waals surface area contributed by atoms with E-state index in [4.69, 9.17) is 4.74 Å². The van der Waals surface area contributed by atoms with E-state index in [-0.39, 0.29) is 0 Å². The molecule has 0 spiro atoms. The SMILES string of the molecule is COc1cccc(C[Si]C)c1. The minimum absolute atomic E-state index is 0.959. The summed E-state index contributed by atoms with van der Waals surface area (Å²) in [5, 5.41) is 0. The normalized spacial score (nSPS) is 9.64. The van der Waals surface area contributed by atoms with Crippen LogP contribution in [0.15, 0.2) is 24.3 Å². The molecule has 1 rings (SSSR count). The van der Waals surface area contributed by atoms with Crippen LogP contribution >= 0.6 is 0 Å². The topological polar surface area (TPSA) is 9.23 Å². The minimum Gasteiger partial charge on any atom is -0.497 e. The van der Waals surface area contributed by atoms with Crippen molar-refractivity contribution < 1.29 is 4.74 Å². The van der Waals surface area contributed by atoms with Gasteiger partial charge in [-0.25, -0.2) is 0 Å². The highest BCUT2D eigenvalue weighted by Gasteiger charge is 1.93. The third kappa shape index (κ3) is 2.39. The van der Waals surface area contributed by atoms with Gasteiger partial charge in [0, 0.05) is 9.52 Å². The predicted molar refractivity (Wildman–Crippen MR) is 48.3 cm³/mol. The van der Waals surface area contributed by atoms with Crippen LogP contribution in [-0.2, 0) is 6.04 Å². The zero-order valence-electron chi connectivity index (χ0n) is 6.92. The summed E-state index contributed by atoms with van der Waals surface area (Å²) in [5.74, 6) is 0.959. The van der Waals surface area contributed by atoms with E-state index in [0.29, 0.717) is 0 Å². The largest absolute Gasteiger partial charge is 0.497 e. The average molecular weight is 164 g/mol. The Morgan fingerprint density at radius 2 is 2.27 bits per heavy atom. The van der Waals surface area contributed by atoms with Gasteiger partial charge >= 0.3 is 0 Å². The summed E-state index contributed by atoms with van der Waals surface area (Å²) in [4.78, 5) is 0. The van der Waals surface area contributed by atoms with Gasteiger partial charge in [0.1, 0.15) is 5.75 Å². The molecule has 0 aromatic heterocycles. The van der Waals surface area contributed by atoms with Gasteiger partial charge in [0.05, 0.1) is 7.11 Å². The quantitative estimate of drug-likeness (QED) is 0.620. The standard InChI is InChI=1S/C9H12OSi/c1-10-9-5-3-4-8(6-9)7-11-2/h3-6H,7H2,1-2H3. The number of benzene rings is 1. The molecule has 0 unspecified atom stereocenters. The van der Waals surface area contributed by atoms with E-state index >= 15 is 0 Å². The van der Waals surface area contributed by atoms with Gasteiger partial charge in [0.25, 0.3) is 0 Å². The van der Waals surface area contributed by atoms with Crippen molar-refractivity contribution in [1.29, 1.82) is 0 Å². The van der Waals surface area contributed by atoms with Crippen molar-refractivity contribution in [2.45, 2.75) is 12.6 Å². The summed E-state index contributed by atoms with van der Waals surface area (Å²) in [6, 6.07) is 9.41. The molecular weight excluding hydrogens is 152 g/mol. The Kier molecular flexibility index (Phi) is 3.17. The van der Waals surface area contributed by atoms with Crippen molar-refractivity contribution in [3.63, 3.8) is 0 Å². The summed E-state index contributed by atoms with van der Waals surface area (Å²) in [5.41, 5.74) is 1.37. The van der Waals surface area contributed by atoms with Gasteiger partial charge in [-0.05, 0) is 23.7 Å². The van der Waals surface area contributed by atoms with E-state index in [0.717, 1.165) is 21.3 Å². The number of rotatable bonds is 3. The van der Waals surface area contributed by atoms with E-state index in [9.17, 15) is 0 Å². The molecule has 0 aliphatic carbocycles. The molecule has 2 radical (unpaired) electrons. The van der Waals surface area contributed by atoms with Gasteiger partial charge < -0.3 is 4.74 Å². The van der Waals surface area contributed by atoms with Crippen LogP contribution in [0.25, 0.3) is 0 Å². The van der Waals surface area contributed by atoms with E-state index in [1.54, 1.807) is 7.11 Å². The first-order valence-corrected chi connectivity index (χ1v) is 5.35. The highest BCUT2D eigenvalue weighted by Crippen LogP contribution is 2.12. The molecule has 0 amide bonds. The van der Waals surface area contributed by atoms with Gasteiger partial charge in [0.2, 0.25) is 0 Å². The van der Waals surface area contributed by atoms with Crippen LogP contribution in [0, 0.1) is 0 Å². The number of ether oxygens (including phenoxy) is 1. The highest BCUT2D eigenvalue weighted by molar-refractivity contribution is 6.32. The smallest absolute Gasteiger partial charge is 0.119 e. The molecule has 1 nitrogen and oxygen atoms in total. The Labute approximate surface area is 70.2 Å². The number of hydrogen-bond acceptors (Lipinski definition) is 1. The number of hydrogen-bond donors (Lipinski definition) is 0. The predicted octanol–water partition coefficient (Wildman–Crippen LogP) is 1.95. The summed E-state index contributed by atoms with van der Waals surface area (Å²) < 4.78 is 5.10. The average Bonchev–Trinajstić information content (AvgIpc) is 2.06. The Hall–Kier alpha value is -0.763. The Balaban J connectivity index is 2.74. The minimum atomic E-state index is 0.959. The Bertz CT molecular complexity index is 223. The second-order valence-corrected chi connectivity index (χ2v) is 3.44. The van der Waals surface area contributed by atoms with Crippen LogP contribution in [0.1, 0.15) is 5.56 Å². The van der Waals surface area contributed by atoms with E-state index in [1.165, 1.54) is 5.56 Å². The van der Waals surface area contributed by atoms with Gasteiger partial charge in [0.15, 0.2) is 0 Å². The molecule has 11 heavy (non-hydrogen) atoms. The fourth-order valence-electron chi connectivity index (χ4n) is 0.987. The molecule has 0 saturated heterocycles. The third-order valence-corrected chi connectivity index (χ3v) is 2.28. The van der Waals surface area contributed by atoms with Crippen molar-refractivity contribution in [1.82, 2.24) is 0 Å². The second-order valence-electron chi connectivity index (χ2n) is 2.38. The second kappa shape index (κ2) is 4.19. The van der Waals surface area contributed by atoms with Gasteiger partial charge in [-0.3, -0.25) is 0 Å². The van der Waals surface area contributed by atoms with Crippen molar-refractivity contribution in [2.24, 2.45) is 0 Å². The molecule has 1 aromatic carbocycles. The molecule has 2 heteroatoms. The lowest BCUT2D eigenvalue weighted by atomic mass is 10.2. The number of methoxy groups -OCH3 is 1. The fourth-order valence-corrected chi connectivity index (χ4v) is 1.61. The molecule has 0 aliphatic rings. The van der Waals surface area contributed by atoms with Crippen LogP contribution in [-0.4, -0.2) is 16.6 Å². The lowest BCUT2D eigenvalue weighted by Gasteiger charge is -2.01. The summed E-state index contributed by atoms with van der Waals surface area (Å²) in [7, 11) is 2.68. The van der Waals surface area contributed by atoms with Crippen LogP contribution < -0.4 is 4.74 Å². The van der Waals surface area contributed by atoms with Crippen LogP contribution in [0.2, 0.25) is 6.55 Å². The van der Waals surface area contributed by atoms with Crippen molar-refractivity contribution >= 4 is 9.52 Å². The summed E-state index contributed by atoms with van der Waals surface area (Å²) in [6.45, 7) is 2.21. The molecule has 0 heterocycles. The first-order valence-electron chi connectivity index (χ1n) is 3.64. The van der Waals surface area contributed by atoms with Crippen molar-refractivity contribution in [3.8, 4) is 5.75 Å². The van der Waals surface area contributed by atoms with Crippen molar-refractivity contribution in [2.75, 3.05) is 7.11 Å². The Morgan fingerprint density at radius 1 is 1.45 bits per heavy atom. The van der Waals surface area contributed by atoms with Crippen LogP contribution in [0.4, 0.5) is 0 Å². The van der Waals surface area contributed by atoms with Crippen LogP contribution in [0.5, 0.6) is 5.75 Å². The molecule has 0 aliphatic heterocycles.